The monoisotopic (exact) mass is 294 g/mol. The number of nitrogens with zero attached hydrogens (tertiary/aromatic N) is 3. The zero-order chi connectivity index (χ0) is 13.9. The third kappa shape index (κ3) is 3.68. The van der Waals surface area contributed by atoms with E-state index < -0.39 is 14.9 Å². The molecule has 0 saturated heterocycles. The van der Waals surface area contributed by atoms with Crippen LogP contribution in [0.4, 0.5) is 5.69 Å². The molecule has 0 atom stereocenters. The summed E-state index contributed by atoms with van der Waals surface area (Å²) in [7, 11) is -3.56. The summed E-state index contributed by atoms with van der Waals surface area (Å²) in [5, 5.41) is 20.2. The molecular weight excluding hydrogens is 280 g/mol. The molecule has 0 amide bonds. The van der Waals surface area contributed by atoms with Crippen molar-refractivity contribution in [1.29, 1.82) is 0 Å². The number of aryl methyl sites for hydroxylation is 2. The van der Waals surface area contributed by atoms with Gasteiger partial charge in [-0.25, -0.2) is 13.6 Å². The van der Waals surface area contributed by atoms with E-state index in [2.05, 4.69) is 5.10 Å². The zero-order valence-electron chi connectivity index (χ0n) is 9.99. The Morgan fingerprint density at radius 3 is 2.61 bits per heavy atom. The quantitative estimate of drug-likeness (QED) is 0.463. The third-order valence-corrected chi connectivity index (χ3v) is 4.26. The molecule has 1 rings (SSSR count). The highest BCUT2D eigenvalue weighted by atomic mass is 32.2. The van der Waals surface area contributed by atoms with Gasteiger partial charge >= 0.3 is 5.69 Å². The Labute approximate surface area is 109 Å². The standard InChI is InChI=1S/C8H14N4O4S2/c1-3-11-8(17-4-5-18(9,15)16)7(12(13)14)6(2)10-11/h3-5H2,1-2H3,(H2,9,15,16). The molecule has 1 aromatic rings. The largest absolute Gasteiger partial charge is 0.323 e. The van der Waals surface area contributed by atoms with E-state index in [0.29, 0.717) is 17.3 Å². The predicted octanol–water partition coefficient (Wildman–Crippen LogP) is 0.500. The number of primary sulfonamides is 1. The summed E-state index contributed by atoms with van der Waals surface area (Å²) in [5.41, 5.74) is 0.247. The van der Waals surface area contributed by atoms with Gasteiger partial charge in [0.05, 0.1) is 10.7 Å². The van der Waals surface area contributed by atoms with Crippen molar-refractivity contribution in [2.45, 2.75) is 25.4 Å². The number of nitro groups is 1. The van der Waals surface area contributed by atoms with Crippen LogP contribution in [0.5, 0.6) is 0 Å². The third-order valence-electron chi connectivity index (χ3n) is 2.14. The fourth-order valence-corrected chi connectivity index (χ4v) is 3.51. The lowest BCUT2D eigenvalue weighted by molar-refractivity contribution is -0.388. The van der Waals surface area contributed by atoms with Gasteiger partial charge in [0.2, 0.25) is 10.0 Å². The van der Waals surface area contributed by atoms with Crippen molar-refractivity contribution in [3.8, 4) is 0 Å². The van der Waals surface area contributed by atoms with E-state index in [1.807, 2.05) is 0 Å². The Balaban J connectivity index is 2.96. The Bertz CT molecular complexity index is 552. The highest BCUT2D eigenvalue weighted by Gasteiger charge is 2.25. The number of sulfonamides is 1. The van der Waals surface area contributed by atoms with Gasteiger partial charge in [-0.1, -0.05) is 11.8 Å². The highest BCUT2D eigenvalue weighted by molar-refractivity contribution is 8.00. The van der Waals surface area contributed by atoms with Crippen LogP contribution in [0.1, 0.15) is 12.6 Å². The van der Waals surface area contributed by atoms with Crippen molar-refractivity contribution in [3.63, 3.8) is 0 Å². The summed E-state index contributed by atoms with van der Waals surface area (Å²) in [6, 6.07) is 0. The molecule has 0 aliphatic heterocycles. The summed E-state index contributed by atoms with van der Waals surface area (Å²) in [5.74, 6) is -0.0758. The van der Waals surface area contributed by atoms with Crippen LogP contribution >= 0.6 is 11.8 Å². The first-order valence-corrected chi connectivity index (χ1v) is 7.81. The Morgan fingerprint density at radius 2 is 2.17 bits per heavy atom. The predicted molar refractivity (Wildman–Crippen MR) is 68.0 cm³/mol. The van der Waals surface area contributed by atoms with Crippen LogP contribution in [0.2, 0.25) is 0 Å². The molecule has 2 N–H and O–H groups in total. The van der Waals surface area contributed by atoms with E-state index in [1.165, 1.54) is 4.68 Å². The average molecular weight is 294 g/mol. The molecule has 0 fully saturated rings. The summed E-state index contributed by atoms with van der Waals surface area (Å²) in [4.78, 5) is 10.4. The Hall–Kier alpha value is -1.13. The van der Waals surface area contributed by atoms with Crippen LogP contribution < -0.4 is 5.14 Å². The first kappa shape index (κ1) is 14.9. The van der Waals surface area contributed by atoms with Crippen LogP contribution in [-0.4, -0.2) is 34.6 Å². The molecule has 0 unspecified atom stereocenters. The van der Waals surface area contributed by atoms with Gasteiger partial charge in [0, 0.05) is 12.3 Å². The van der Waals surface area contributed by atoms with Gasteiger partial charge in [0.25, 0.3) is 0 Å². The van der Waals surface area contributed by atoms with Crippen LogP contribution in [-0.2, 0) is 16.6 Å². The van der Waals surface area contributed by atoms with E-state index in [-0.39, 0.29) is 17.2 Å². The van der Waals surface area contributed by atoms with Crippen LogP contribution in [0.3, 0.4) is 0 Å². The maximum atomic E-state index is 10.9. The van der Waals surface area contributed by atoms with Crippen molar-refractivity contribution in [3.05, 3.63) is 15.8 Å². The normalized spacial score (nSPS) is 11.7. The Morgan fingerprint density at radius 1 is 1.56 bits per heavy atom. The molecule has 8 nitrogen and oxygen atoms in total. The highest BCUT2D eigenvalue weighted by Crippen LogP contribution is 2.32. The SMILES string of the molecule is CCn1nc(C)c([N+](=O)[O-])c1SCCS(N)(=O)=O. The number of rotatable bonds is 6. The zero-order valence-corrected chi connectivity index (χ0v) is 11.6. The molecule has 1 aromatic heterocycles. The molecule has 0 aromatic carbocycles. The lowest BCUT2D eigenvalue weighted by atomic mass is 10.4. The molecule has 0 saturated carbocycles. The lowest BCUT2D eigenvalue weighted by Gasteiger charge is -2.03. The van der Waals surface area contributed by atoms with E-state index in [4.69, 9.17) is 5.14 Å². The summed E-state index contributed by atoms with van der Waals surface area (Å²) in [6.45, 7) is 3.83. The smallest absolute Gasteiger partial charge is 0.258 e. The maximum absolute atomic E-state index is 10.9. The topological polar surface area (TPSA) is 121 Å². The molecule has 10 heteroatoms. The number of nitrogens with two attached hydrogens (primary N) is 1. The minimum atomic E-state index is -3.56. The fraction of sp³-hybridized carbons (Fsp3) is 0.625. The van der Waals surface area contributed by atoms with E-state index in [9.17, 15) is 18.5 Å². The number of aromatic nitrogens is 2. The molecule has 18 heavy (non-hydrogen) atoms. The summed E-state index contributed by atoms with van der Waals surface area (Å²) < 4.78 is 23.1. The van der Waals surface area contributed by atoms with Gasteiger partial charge in [-0.2, -0.15) is 5.10 Å². The van der Waals surface area contributed by atoms with Crippen molar-refractivity contribution in [1.82, 2.24) is 9.78 Å². The van der Waals surface area contributed by atoms with E-state index >= 15 is 0 Å². The maximum Gasteiger partial charge on any atom is 0.323 e. The molecule has 0 aliphatic carbocycles. The number of thioether (sulfide) groups is 1. The molecule has 0 aliphatic rings. The van der Waals surface area contributed by atoms with E-state index in [0.717, 1.165) is 11.8 Å². The van der Waals surface area contributed by atoms with E-state index in [1.54, 1.807) is 13.8 Å². The molecule has 102 valence electrons. The lowest BCUT2D eigenvalue weighted by Crippen LogP contribution is -2.18. The van der Waals surface area contributed by atoms with Crippen LogP contribution in [0.15, 0.2) is 5.03 Å². The minimum absolute atomic E-state index is 0.0729. The van der Waals surface area contributed by atoms with Gasteiger partial charge in [-0.3, -0.25) is 14.8 Å². The number of hydrogen-bond acceptors (Lipinski definition) is 6. The van der Waals surface area contributed by atoms with Gasteiger partial charge in [0.1, 0.15) is 5.69 Å². The van der Waals surface area contributed by atoms with Crippen molar-refractivity contribution in [2.75, 3.05) is 11.5 Å². The second-order valence-electron chi connectivity index (χ2n) is 3.53. The van der Waals surface area contributed by atoms with Gasteiger partial charge in [-0.15, -0.1) is 0 Å². The van der Waals surface area contributed by atoms with Crippen molar-refractivity contribution in [2.24, 2.45) is 5.14 Å². The van der Waals surface area contributed by atoms with Gasteiger partial charge < -0.3 is 0 Å². The average Bonchev–Trinajstić information content (AvgIpc) is 2.53. The van der Waals surface area contributed by atoms with Crippen molar-refractivity contribution < 1.29 is 13.3 Å². The van der Waals surface area contributed by atoms with Crippen molar-refractivity contribution >= 4 is 27.5 Å². The molecule has 0 radical (unpaired) electrons. The second kappa shape index (κ2) is 5.67. The summed E-state index contributed by atoms with van der Waals surface area (Å²) >= 11 is 1.07. The van der Waals surface area contributed by atoms with Gasteiger partial charge in [0.15, 0.2) is 5.03 Å². The molecule has 0 bridgehead atoms. The summed E-state index contributed by atoms with van der Waals surface area (Å²) in [6.07, 6.45) is 0. The number of hydrogen-bond donors (Lipinski definition) is 1. The minimum Gasteiger partial charge on any atom is -0.258 e. The molecule has 1 heterocycles. The second-order valence-corrected chi connectivity index (χ2v) is 6.35. The first-order valence-electron chi connectivity index (χ1n) is 5.11. The molecule has 0 spiro atoms. The fourth-order valence-electron chi connectivity index (χ4n) is 1.37. The van der Waals surface area contributed by atoms with Gasteiger partial charge in [-0.05, 0) is 13.8 Å². The van der Waals surface area contributed by atoms with Crippen LogP contribution in [0, 0.1) is 17.0 Å². The van der Waals surface area contributed by atoms with Crippen LogP contribution in [0.25, 0.3) is 0 Å². The Kier molecular flexibility index (Phi) is 4.71. The first-order chi connectivity index (χ1) is 8.26. The molecular formula is C8H14N4O4S2.